The van der Waals surface area contributed by atoms with Gasteiger partial charge in [0.25, 0.3) is 0 Å². The van der Waals surface area contributed by atoms with E-state index in [2.05, 4.69) is 44.7 Å². The van der Waals surface area contributed by atoms with Crippen molar-refractivity contribution in [3.05, 3.63) is 18.2 Å². The topological polar surface area (TPSA) is 17.8 Å². The molecule has 0 aliphatic heterocycles. The molecule has 2 unspecified atom stereocenters. The molecule has 46 heavy (non-hydrogen) atoms. The largest absolute Gasteiger partial charge is 0.332 e. The van der Waals surface area contributed by atoms with E-state index in [9.17, 15) is 0 Å². The highest BCUT2D eigenvalue weighted by Gasteiger charge is 2.19. The van der Waals surface area contributed by atoms with Gasteiger partial charge in [-0.1, -0.05) is 226 Å². The summed E-state index contributed by atoms with van der Waals surface area (Å²) in [5.41, 5.74) is 0. The fourth-order valence-corrected chi connectivity index (χ4v) is 7.59. The molecule has 2 nitrogen and oxygen atoms in total. The zero-order valence-corrected chi connectivity index (χ0v) is 32.5. The quantitative estimate of drug-likeness (QED) is 0.0660. The Kier molecular flexibility index (Phi) is 32.0. The summed E-state index contributed by atoms with van der Waals surface area (Å²) in [5.74, 6) is 2.07. The Labute approximate surface area is 291 Å². The highest BCUT2D eigenvalue weighted by molar-refractivity contribution is 5.02. The maximum absolute atomic E-state index is 5.04. The first-order valence-electron chi connectivity index (χ1n) is 21.8. The first-order valence-corrected chi connectivity index (χ1v) is 21.8. The molecule has 0 aliphatic rings. The molecule has 0 aromatic carbocycles. The molecule has 0 radical (unpaired) electrons. The number of hydrogen-bond donors (Lipinski definition) is 0. The summed E-state index contributed by atoms with van der Waals surface area (Å²) >= 11 is 0. The van der Waals surface area contributed by atoms with Gasteiger partial charge in [0.05, 0.1) is 0 Å². The van der Waals surface area contributed by atoms with Crippen molar-refractivity contribution in [2.24, 2.45) is 0 Å². The van der Waals surface area contributed by atoms with E-state index >= 15 is 0 Å². The van der Waals surface area contributed by atoms with Gasteiger partial charge in [-0.2, -0.15) is 0 Å². The second-order valence-electron chi connectivity index (χ2n) is 15.4. The maximum atomic E-state index is 5.04. The molecule has 0 saturated heterocycles. The van der Waals surface area contributed by atoms with E-state index in [0.717, 1.165) is 0 Å². The number of rotatable bonds is 37. The van der Waals surface area contributed by atoms with Crippen LogP contribution in [-0.4, -0.2) is 9.55 Å². The summed E-state index contributed by atoms with van der Waals surface area (Å²) in [6.07, 6.45) is 54.1. The van der Waals surface area contributed by atoms with Crippen molar-refractivity contribution in [3.8, 4) is 0 Å². The molecule has 1 heterocycles. The highest BCUT2D eigenvalue weighted by atomic mass is 15.1. The highest BCUT2D eigenvalue weighted by Crippen LogP contribution is 2.31. The molecule has 0 aliphatic carbocycles. The smallest absolute Gasteiger partial charge is 0.111 e. The predicted octanol–water partition coefficient (Wildman–Crippen LogP) is 16.2. The lowest BCUT2D eigenvalue weighted by Gasteiger charge is -2.22. The molecule has 272 valence electrons. The van der Waals surface area contributed by atoms with Gasteiger partial charge in [-0.05, 0) is 26.2 Å². The Bertz CT molecular complexity index is 709. The third kappa shape index (κ3) is 25.3. The molecule has 0 amide bonds. The van der Waals surface area contributed by atoms with Crippen LogP contribution in [0.15, 0.2) is 12.4 Å². The number of aromatic nitrogens is 2. The lowest BCUT2D eigenvalue weighted by atomic mass is 9.92. The second kappa shape index (κ2) is 34.1. The van der Waals surface area contributed by atoms with Crippen LogP contribution in [0.4, 0.5) is 0 Å². The zero-order valence-electron chi connectivity index (χ0n) is 32.5. The molecule has 1 rings (SSSR count). The monoisotopic (exact) mass is 643 g/mol. The van der Waals surface area contributed by atoms with Gasteiger partial charge in [-0.3, -0.25) is 0 Å². The summed E-state index contributed by atoms with van der Waals surface area (Å²) < 4.78 is 2.59. The van der Waals surface area contributed by atoms with Gasteiger partial charge in [0.2, 0.25) is 0 Å². The van der Waals surface area contributed by atoms with E-state index in [4.69, 9.17) is 4.98 Å². The van der Waals surface area contributed by atoms with Crippen molar-refractivity contribution in [2.45, 2.75) is 264 Å². The van der Waals surface area contributed by atoms with Gasteiger partial charge in [-0.25, -0.2) is 4.98 Å². The van der Waals surface area contributed by atoms with Gasteiger partial charge < -0.3 is 4.57 Å². The number of nitrogens with zero attached hydrogens (tertiary/aromatic N) is 2. The SMILES string of the molecule is CCCCCCCCCCCCCCC(C)n1ccnc1C(CCCCCCCCCCC)CCCCCCCCCCCCC. The number of imidazole rings is 1. The lowest BCUT2D eigenvalue weighted by molar-refractivity contribution is 0.412. The van der Waals surface area contributed by atoms with E-state index in [-0.39, 0.29) is 0 Å². The van der Waals surface area contributed by atoms with E-state index in [0.29, 0.717) is 12.0 Å². The minimum atomic E-state index is 0.587. The normalized spacial score (nSPS) is 13.0. The van der Waals surface area contributed by atoms with Crippen LogP contribution in [0.25, 0.3) is 0 Å². The summed E-state index contributed by atoms with van der Waals surface area (Å²) in [7, 11) is 0. The molecule has 2 heteroatoms. The Morgan fingerprint density at radius 2 is 0.696 bits per heavy atom. The van der Waals surface area contributed by atoms with Gasteiger partial charge >= 0.3 is 0 Å². The van der Waals surface area contributed by atoms with E-state index in [1.54, 1.807) is 0 Å². The average Bonchev–Trinajstić information content (AvgIpc) is 3.56. The first-order chi connectivity index (χ1) is 22.7. The summed E-state index contributed by atoms with van der Waals surface area (Å²) in [4.78, 5) is 5.04. The zero-order chi connectivity index (χ0) is 33.2. The van der Waals surface area contributed by atoms with Crippen molar-refractivity contribution in [3.63, 3.8) is 0 Å². The van der Waals surface area contributed by atoms with Crippen molar-refractivity contribution in [1.82, 2.24) is 9.55 Å². The van der Waals surface area contributed by atoms with E-state index in [1.807, 2.05) is 0 Å². The van der Waals surface area contributed by atoms with Crippen LogP contribution in [0.5, 0.6) is 0 Å². The Balaban J connectivity index is 2.39. The van der Waals surface area contributed by atoms with Gasteiger partial charge in [-0.15, -0.1) is 0 Å². The summed E-state index contributed by atoms with van der Waals surface area (Å²) in [5, 5.41) is 0. The number of unbranched alkanes of at least 4 members (excludes halogenated alkanes) is 29. The maximum Gasteiger partial charge on any atom is 0.111 e. The predicted molar refractivity (Wildman–Crippen MR) is 208 cm³/mol. The van der Waals surface area contributed by atoms with E-state index in [1.165, 1.54) is 231 Å². The van der Waals surface area contributed by atoms with Crippen LogP contribution in [0.3, 0.4) is 0 Å². The molecule has 1 aromatic heterocycles. The second-order valence-corrected chi connectivity index (χ2v) is 15.4. The minimum Gasteiger partial charge on any atom is -0.332 e. The lowest BCUT2D eigenvalue weighted by Crippen LogP contribution is -2.13. The van der Waals surface area contributed by atoms with Gasteiger partial charge in [0.1, 0.15) is 5.82 Å². The molecular weight excluding hydrogens is 556 g/mol. The standard InChI is InChI=1S/C44H86N2/c1-5-8-11-14-17-20-22-24-26-28-31-34-37-42(4)46-41-40-45-44(46)43(38-35-32-29-25-19-16-13-10-7-3)39-36-33-30-27-23-21-18-15-12-9-6-2/h40-43H,5-39H2,1-4H3. The Morgan fingerprint density at radius 1 is 0.413 bits per heavy atom. The Morgan fingerprint density at radius 3 is 1.02 bits per heavy atom. The van der Waals surface area contributed by atoms with Crippen molar-refractivity contribution >= 4 is 0 Å². The van der Waals surface area contributed by atoms with Gasteiger partial charge in [0.15, 0.2) is 0 Å². The fraction of sp³-hybridized carbons (Fsp3) is 0.932. The van der Waals surface area contributed by atoms with Crippen LogP contribution in [-0.2, 0) is 0 Å². The molecular formula is C44H86N2. The fourth-order valence-electron chi connectivity index (χ4n) is 7.59. The first kappa shape index (κ1) is 43.2. The minimum absolute atomic E-state index is 0.587. The Hall–Kier alpha value is -0.790. The molecule has 0 spiro atoms. The number of hydrogen-bond acceptors (Lipinski definition) is 1. The third-order valence-electron chi connectivity index (χ3n) is 10.8. The van der Waals surface area contributed by atoms with Crippen LogP contribution < -0.4 is 0 Å². The van der Waals surface area contributed by atoms with Crippen LogP contribution >= 0.6 is 0 Å². The molecule has 1 aromatic rings. The van der Waals surface area contributed by atoms with Crippen LogP contribution in [0.1, 0.15) is 270 Å². The van der Waals surface area contributed by atoms with Crippen molar-refractivity contribution < 1.29 is 0 Å². The average molecular weight is 643 g/mol. The molecule has 0 N–H and O–H groups in total. The van der Waals surface area contributed by atoms with E-state index < -0.39 is 0 Å². The molecule has 2 atom stereocenters. The summed E-state index contributed by atoms with van der Waals surface area (Å²) in [6, 6.07) is 0.587. The third-order valence-corrected chi connectivity index (χ3v) is 10.8. The van der Waals surface area contributed by atoms with Crippen LogP contribution in [0, 0.1) is 0 Å². The van der Waals surface area contributed by atoms with Crippen molar-refractivity contribution in [2.75, 3.05) is 0 Å². The molecule has 0 bridgehead atoms. The van der Waals surface area contributed by atoms with Crippen LogP contribution in [0.2, 0.25) is 0 Å². The van der Waals surface area contributed by atoms with Crippen molar-refractivity contribution in [1.29, 1.82) is 0 Å². The van der Waals surface area contributed by atoms with Gasteiger partial charge in [0, 0.05) is 24.4 Å². The molecule has 0 fully saturated rings. The molecule has 0 saturated carbocycles. The summed E-state index contributed by atoms with van der Waals surface area (Å²) in [6.45, 7) is 9.40.